The zero-order valence-electron chi connectivity index (χ0n) is 35.1. The summed E-state index contributed by atoms with van der Waals surface area (Å²) in [5, 5.41) is 5.63. The number of sulfonamides is 1. The Bertz CT molecular complexity index is 1740. The van der Waals surface area contributed by atoms with Crippen LogP contribution in [0.3, 0.4) is 0 Å². The van der Waals surface area contributed by atoms with Crippen LogP contribution in [0.1, 0.15) is 104 Å². The van der Waals surface area contributed by atoms with Crippen molar-refractivity contribution in [2.45, 2.75) is 111 Å². The number of amides is 3. The van der Waals surface area contributed by atoms with Crippen LogP contribution in [0.2, 0.25) is 0 Å². The van der Waals surface area contributed by atoms with E-state index in [9.17, 15) is 27.6 Å². The predicted octanol–water partition coefficient (Wildman–Crippen LogP) is 7.53. The number of benzene rings is 2. The van der Waals surface area contributed by atoms with Crippen molar-refractivity contribution < 1.29 is 50.9 Å². The minimum absolute atomic E-state index is 0.0626. The first-order valence-electron chi connectivity index (χ1n) is 19.0. The molecule has 0 spiro atoms. The van der Waals surface area contributed by atoms with Crippen molar-refractivity contribution in [2.24, 2.45) is 0 Å². The zero-order valence-corrected chi connectivity index (χ0v) is 35.9. The van der Waals surface area contributed by atoms with Crippen molar-refractivity contribution in [3.05, 3.63) is 59.4 Å². The zero-order chi connectivity index (χ0) is 43.0. The Labute approximate surface area is 337 Å². The van der Waals surface area contributed by atoms with Gasteiger partial charge in [-0.25, -0.2) is 32.0 Å². The number of nitrogens with zero attached hydrogens (tertiary/aromatic N) is 2. The highest BCUT2D eigenvalue weighted by molar-refractivity contribution is 7.91. The standard InChI is InChI=1S/C40H62FN5O10S/c1-38(2,3)54-35(48)43-21-17-25-46(37(50)56-40(7,8)9)23-15-14-22-45(36(49)55-39(4,5)6)24-16-20-42-33-27-32(30(26-31(33)41)34(47)53-10)44-57(51,52)28-29-18-12-11-13-19-29/h11-13,18-19,26-27,42,44H,14-17,20-25,28H2,1-10H3,(H,43,48). The number of hydrogen-bond acceptors (Lipinski definition) is 11. The van der Waals surface area contributed by atoms with Crippen molar-refractivity contribution >= 4 is 45.6 Å². The van der Waals surface area contributed by atoms with Crippen LogP contribution in [-0.2, 0) is 34.7 Å². The van der Waals surface area contributed by atoms with E-state index in [4.69, 9.17) is 18.9 Å². The molecule has 2 rings (SSSR count). The molecule has 57 heavy (non-hydrogen) atoms. The first kappa shape index (κ1) is 48.3. The summed E-state index contributed by atoms with van der Waals surface area (Å²) < 4.78 is 64.9. The summed E-state index contributed by atoms with van der Waals surface area (Å²) in [5.41, 5.74) is -2.10. The highest BCUT2D eigenvalue weighted by atomic mass is 32.2. The summed E-state index contributed by atoms with van der Waals surface area (Å²) in [5.74, 6) is -2.10. The lowest BCUT2D eigenvalue weighted by Crippen LogP contribution is -2.40. The number of rotatable bonds is 19. The molecule has 15 nitrogen and oxygen atoms in total. The van der Waals surface area contributed by atoms with Gasteiger partial charge in [-0.2, -0.15) is 0 Å². The molecule has 0 aliphatic heterocycles. The molecule has 0 heterocycles. The largest absolute Gasteiger partial charge is 0.465 e. The molecule has 0 aliphatic rings. The fourth-order valence-electron chi connectivity index (χ4n) is 5.18. The number of nitrogens with one attached hydrogen (secondary N) is 3. The summed E-state index contributed by atoms with van der Waals surface area (Å²) in [7, 11) is -2.89. The van der Waals surface area contributed by atoms with Crippen molar-refractivity contribution in [3.8, 4) is 0 Å². The molecule has 2 aromatic carbocycles. The van der Waals surface area contributed by atoms with Crippen molar-refractivity contribution in [3.63, 3.8) is 0 Å². The van der Waals surface area contributed by atoms with Crippen LogP contribution in [0.5, 0.6) is 0 Å². The van der Waals surface area contributed by atoms with E-state index >= 15 is 4.39 Å². The third-order valence-corrected chi connectivity index (χ3v) is 8.82. The average Bonchev–Trinajstić information content (AvgIpc) is 3.06. The second kappa shape index (κ2) is 21.6. The van der Waals surface area contributed by atoms with E-state index in [2.05, 4.69) is 15.4 Å². The highest BCUT2D eigenvalue weighted by Crippen LogP contribution is 2.27. The fourth-order valence-corrected chi connectivity index (χ4v) is 6.39. The minimum atomic E-state index is -4.00. The molecule has 0 fully saturated rings. The SMILES string of the molecule is COC(=O)c1cc(F)c(NCCCN(CCCCN(CCCNC(=O)OC(C)(C)C)C(=O)OC(C)(C)C)C(=O)OC(C)(C)C)cc1NS(=O)(=O)Cc1ccccc1. The van der Waals surface area contributed by atoms with E-state index in [1.165, 1.54) is 11.0 Å². The Morgan fingerprint density at radius 2 is 1.18 bits per heavy atom. The Morgan fingerprint density at radius 1 is 0.684 bits per heavy atom. The van der Waals surface area contributed by atoms with E-state index in [-0.39, 0.29) is 35.8 Å². The summed E-state index contributed by atoms with van der Waals surface area (Å²) in [6.07, 6.45) is 0.272. The smallest absolute Gasteiger partial charge is 0.410 e. The van der Waals surface area contributed by atoms with E-state index in [0.717, 1.165) is 13.2 Å². The Hall–Kier alpha value is -4.80. The van der Waals surface area contributed by atoms with E-state index in [0.29, 0.717) is 57.4 Å². The first-order chi connectivity index (χ1) is 26.4. The second-order valence-corrected chi connectivity index (χ2v) is 18.1. The lowest BCUT2D eigenvalue weighted by Gasteiger charge is -2.29. The van der Waals surface area contributed by atoms with E-state index < -0.39 is 56.9 Å². The molecule has 0 saturated carbocycles. The molecule has 0 bridgehead atoms. The third-order valence-electron chi connectivity index (χ3n) is 7.58. The number of carbonyl (C=O) groups excluding carboxylic acids is 4. The molecule has 0 atom stereocenters. The van der Waals surface area contributed by atoms with Gasteiger partial charge in [-0.1, -0.05) is 30.3 Å². The Balaban J connectivity index is 2.09. The molecule has 2 aromatic rings. The number of carbonyl (C=O) groups is 4. The van der Waals surface area contributed by atoms with Gasteiger partial charge in [0.1, 0.15) is 22.6 Å². The van der Waals surface area contributed by atoms with Crippen molar-refractivity contribution in [2.75, 3.05) is 56.4 Å². The predicted molar refractivity (Wildman–Crippen MR) is 217 cm³/mol. The van der Waals surface area contributed by atoms with Crippen LogP contribution in [0.4, 0.5) is 30.1 Å². The highest BCUT2D eigenvalue weighted by Gasteiger charge is 2.25. The van der Waals surface area contributed by atoms with E-state index in [1.54, 1.807) is 97.5 Å². The van der Waals surface area contributed by atoms with Crippen LogP contribution in [0.25, 0.3) is 0 Å². The van der Waals surface area contributed by atoms with Crippen LogP contribution in [0.15, 0.2) is 42.5 Å². The third kappa shape index (κ3) is 19.8. The van der Waals surface area contributed by atoms with Gasteiger partial charge in [0.25, 0.3) is 0 Å². The molecule has 3 amide bonds. The van der Waals surface area contributed by atoms with Crippen LogP contribution in [0, 0.1) is 5.82 Å². The lowest BCUT2D eigenvalue weighted by molar-refractivity contribution is 0.0208. The minimum Gasteiger partial charge on any atom is -0.465 e. The number of esters is 1. The molecule has 17 heteroatoms. The van der Waals surface area contributed by atoms with Gasteiger partial charge in [0, 0.05) is 39.3 Å². The molecular formula is C40H62FN5O10S. The second-order valence-electron chi connectivity index (χ2n) is 16.4. The van der Waals surface area contributed by atoms with Crippen LogP contribution >= 0.6 is 0 Å². The van der Waals surface area contributed by atoms with Gasteiger partial charge in [0.05, 0.1) is 29.8 Å². The number of alkyl carbamates (subject to hydrolysis) is 1. The quantitative estimate of drug-likeness (QED) is 0.0724. The van der Waals surface area contributed by atoms with Gasteiger partial charge in [-0.15, -0.1) is 0 Å². The van der Waals surface area contributed by atoms with Gasteiger partial charge < -0.3 is 39.4 Å². The lowest BCUT2D eigenvalue weighted by atomic mass is 10.1. The molecule has 320 valence electrons. The monoisotopic (exact) mass is 823 g/mol. The number of ether oxygens (including phenoxy) is 4. The van der Waals surface area contributed by atoms with Crippen LogP contribution in [-0.4, -0.2) is 106 Å². The van der Waals surface area contributed by atoms with Crippen molar-refractivity contribution in [1.29, 1.82) is 0 Å². The number of methoxy groups -OCH3 is 1. The van der Waals surface area contributed by atoms with Gasteiger partial charge in [-0.05, 0) is 106 Å². The molecular weight excluding hydrogens is 762 g/mol. The maximum Gasteiger partial charge on any atom is 0.410 e. The maximum atomic E-state index is 15.2. The van der Waals surface area contributed by atoms with E-state index in [1.807, 2.05) is 0 Å². The maximum absolute atomic E-state index is 15.2. The molecule has 3 N–H and O–H groups in total. The number of hydrogen-bond donors (Lipinski definition) is 3. The van der Waals surface area contributed by atoms with Gasteiger partial charge >= 0.3 is 24.2 Å². The van der Waals surface area contributed by atoms with Gasteiger partial charge in [0.2, 0.25) is 10.0 Å². The first-order valence-corrected chi connectivity index (χ1v) is 20.7. The van der Waals surface area contributed by atoms with Crippen molar-refractivity contribution in [1.82, 2.24) is 15.1 Å². The number of halogens is 1. The summed E-state index contributed by atoms with van der Waals surface area (Å²) in [6, 6.07) is 10.6. The van der Waals surface area contributed by atoms with Gasteiger partial charge in [0.15, 0.2) is 0 Å². The van der Waals surface area contributed by atoms with Gasteiger partial charge in [-0.3, -0.25) is 4.72 Å². The average molecular weight is 824 g/mol. The summed E-state index contributed by atoms with van der Waals surface area (Å²) >= 11 is 0. The summed E-state index contributed by atoms with van der Waals surface area (Å²) in [4.78, 5) is 53.8. The Morgan fingerprint density at radius 3 is 1.67 bits per heavy atom. The normalized spacial score (nSPS) is 11.9. The molecule has 0 aliphatic carbocycles. The number of unbranched alkanes of at least 4 members (excludes halogenated alkanes) is 1. The molecule has 0 saturated heterocycles. The molecule has 0 unspecified atom stereocenters. The fraction of sp³-hybridized carbons (Fsp3) is 0.600. The van der Waals surface area contributed by atoms with Crippen LogP contribution < -0.4 is 15.4 Å². The number of anilines is 2. The molecule has 0 radical (unpaired) electrons. The molecule has 0 aromatic heterocycles. The Kier molecular flexibility index (Phi) is 18.4. The topological polar surface area (TPSA) is 182 Å². The summed E-state index contributed by atoms with van der Waals surface area (Å²) in [6.45, 7) is 17.6.